The van der Waals surface area contributed by atoms with Crippen LogP contribution in [-0.4, -0.2) is 72.9 Å². The SMILES string of the molecule is CC(C)(C)OC(=O)N1CC(N2CCOC(C(F)F)CC2)C1. The van der Waals surface area contributed by atoms with Crippen LogP contribution in [0.2, 0.25) is 0 Å². The second-order valence-corrected chi connectivity index (χ2v) is 6.61. The summed E-state index contributed by atoms with van der Waals surface area (Å²) in [7, 11) is 0. The summed E-state index contributed by atoms with van der Waals surface area (Å²) < 4.78 is 35.7. The van der Waals surface area contributed by atoms with Gasteiger partial charge in [0.05, 0.1) is 6.61 Å². The van der Waals surface area contributed by atoms with Crippen LogP contribution in [0.3, 0.4) is 0 Å². The molecule has 2 heterocycles. The van der Waals surface area contributed by atoms with Gasteiger partial charge < -0.3 is 14.4 Å². The molecule has 2 aliphatic heterocycles. The van der Waals surface area contributed by atoms with Gasteiger partial charge in [-0.1, -0.05) is 0 Å². The second-order valence-electron chi connectivity index (χ2n) is 6.61. The number of alkyl halides is 2. The molecule has 0 radical (unpaired) electrons. The molecule has 7 heteroatoms. The molecule has 1 unspecified atom stereocenters. The molecule has 0 saturated carbocycles. The normalized spacial score (nSPS) is 25.6. The van der Waals surface area contributed by atoms with E-state index in [1.54, 1.807) is 4.90 Å². The molecule has 2 saturated heterocycles. The monoisotopic (exact) mass is 306 g/mol. The fraction of sp³-hybridized carbons (Fsp3) is 0.929. The van der Waals surface area contributed by atoms with Gasteiger partial charge in [0, 0.05) is 32.2 Å². The highest BCUT2D eigenvalue weighted by Crippen LogP contribution is 2.22. The van der Waals surface area contributed by atoms with E-state index in [2.05, 4.69) is 4.90 Å². The molecular formula is C14H24F2N2O3. The van der Waals surface area contributed by atoms with Crippen molar-refractivity contribution in [3.63, 3.8) is 0 Å². The summed E-state index contributed by atoms with van der Waals surface area (Å²) in [6.07, 6.45) is -3.36. The van der Waals surface area contributed by atoms with E-state index in [-0.39, 0.29) is 12.1 Å². The number of hydrogen-bond donors (Lipinski definition) is 0. The standard InChI is InChI=1S/C14H24F2N2O3/c1-14(2,3)21-13(19)18-8-10(9-18)17-5-4-11(12(15)16)20-7-6-17/h10-12H,4-9H2,1-3H3. The molecule has 21 heavy (non-hydrogen) atoms. The highest BCUT2D eigenvalue weighted by Gasteiger charge is 2.38. The van der Waals surface area contributed by atoms with Gasteiger partial charge in [0.1, 0.15) is 11.7 Å². The fourth-order valence-corrected chi connectivity index (χ4v) is 2.54. The molecule has 2 rings (SSSR count). The number of halogens is 2. The molecule has 5 nitrogen and oxygen atoms in total. The van der Waals surface area contributed by atoms with Gasteiger partial charge in [0.25, 0.3) is 6.43 Å². The van der Waals surface area contributed by atoms with Crippen LogP contribution in [0.15, 0.2) is 0 Å². The van der Waals surface area contributed by atoms with Gasteiger partial charge in [0.2, 0.25) is 0 Å². The van der Waals surface area contributed by atoms with Crippen molar-refractivity contribution in [2.45, 2.75) is 51.4 Å². The molecule has 0 aromatic rings. The Balaban J connectivity index is 1.75. The first-order valence-corrected chi connectivity index (χ1v) is 7.38. The summed E-state index contributed by atoms with van der Waals surface area (Å²) in [6, 6.07) is 0.220. The Hall–Kier alpha value is -0.950. The van der Waals surface area contributed by atoms with Crippen molar-refractivity contribution in [1.82, 2.24) is 9.80 Å². The fourth-order valence-electron chi connectivity index (χ4n) is 2.54. The largest absolute Gasteiger partial charge is 0.444 e. The summed E-state index contributed by atoms with van der Waals surface area (Å²) in [5.41, 5.74) is -0.497. The minimum atomic E-state index is -2.43. The van der Waals surface area contributed by atoms with Gasteiger partial charge in [0.15, 0.2) is 0 Å². The molecule has 2 fully saturated rings. The first kappa shape index (κ1) is 16.4. The minimum absolute atomic E-state index is 0.220. The van der Waals surface area contributed by atoms with E-state index in [1.807, 2.05) is 20.8 Å². The van der Waals surface area contributed by atoms with Crippen LogP contribution < -0.4 is 0 Å². The zero-order valence-electron chi connectivity index (χ0n) is 12.8. The van der Waals surface area contributed by atoms with E-state index >= 15 is 0 Å². The van der Waals surface area contributed by atoms with Crippen molar-refractivity contribution in [3.05, 3.63) is 0 Å². The number of amides is 1. The van der Waals surface area contributed by atoms with Gasteiger partial charge in [-0.25, -0.2) is 13.6 Å². The lowest BCUT2D eigenvalue weighted by atomic mass is 10.1. The number of likely N-dealkylation sites (tertiary alicyclic amines) is 1. The molecule has 2 aliphatic rings. The Labute approximate surface area is 124 Å². The lowest BCUT2D eigenvalue weighted by Crippen LogP contribution is -2.62. The van der Waals surface area contributed by atoms with Crippen LogP contribution in [0.4, 0.5) is 13.6 Å². The Morgan fingerprint density at radius 2 is 1.95 bits per heavy atom. The lowest BCUT2D eigenvalue weighted by molar-refractivity contribution is -0.0501. The summed E-state index contributed by atoms with van der Waals surface area (Å²) in [6.45, 7) is 8.22. The van der Waals surface area contributed by atoms with E-state index < -0.39 is 18.1 Å². The highest BCUT2D eigenvalue weighted by atomic mass is 19.3. The Bertz CT molecular complexity index is 368. The van der Waals surface area contributed by atoms with Gasteiger partial charge in [-0.05, 0) is 27.2 Å². The van der Waals surface area contributed by atoms with E-state index in [9.17, 15) is 13.6 Å². The van der Waals surface area contributed by atoms with Gasteiger partial charge in [-0.15, -0.1) is 0 Å². The second kappa shape index (κ2) is 6.44. The van der Waals surface area contributed by atoms with Crippen molar-refractivity contribution in [2.24, 2.45) is 0 Å². The average molecular weight is 306 g/mol. The predicted molar refractivity (Wildman–Crippen MR) is 73.5 cm³/mol. The Kier molecular flexibility index (Phi) is 5.03. The molecule has 0 bridgehead atoms. The highest BCUT2D eigenvalue weighted by molar-refractivity contribution is 5.69. The molecule has 0 spiro atoms. The first-order valence-electron chi connectivity index (χ1n) is 7.38. The number of nitrogens with zero attached hydrogens (tertiary/aromatic N) is 2. The summed E-state index contributed by atoms with van der Waals surface area (Å²) in [5, 5.41) is 0. The number of carbonyl (C=O) groups is 1. The first-order chi connectivity index (χ1) is 9.76. The van der Waals surface area contributed by atoms with Crippen LogP contribution in [0.25, 0.3) is 0 Å². The summed E-state index contributed by atoms with van der Waals surface area (Å²) in [5.74, 6) is 0. The smallest absolute Gasteiger partial charge is 0.410 e. The van der Waals surface area contributed by atoms with Crippen LogP contribution >= 0.6 is 0 Å². The zero-order chi connectivity index (χ0) is 15.6. The van der Waals surface area contributed by atoms with Crippen LogP contribution in [0.5, 0.6) is 0 Å². The lowest BCUT2D eigenvalue weighted by Gasteiger charge is -2.45. The van der Waals surface area contributed by atoms with Gasteiger partial charge in [-0.3, -0.25) is 4.90 Å². The van der Waals surface area contributed by atoms with E-state index in [4.69, 9.17) is 9.47 Å². The van der Waals surface area contributed by atoms with Crippen molar-refractivity contribution in [2.75, 3.05) is 32.8 Å². The molecule has 0 aromatic heterocycles. The van der Waals surface area contributed by atoms with Crippen molar-refractivity contribution in [1.29, 1.82) is 0 Å². The topological polar surface area (TPSA) is 42.0 Å². The van der Waals surface area contributed by atoms with Crippen LogP contribution in [-0.2, 0) is 9.47 Å². The number of carbonyl (C=O) groups excluding carboxylic acids is 1. The minimum Gasteiger partial charge on any atom is -0.444 e. The average Bonchev–Trinajstić information content (AvgIpc) is 2.50. The molecule has 1 atom stereocenters. The van der Waals surface area contributed by atoms with Gasteiger partial charge in [-0.2, -0.15) is 0 Å². The van der Waals surface area contributed by atoms with Crippen LogP contribution in [0, 0.1) is 0 Å². The summed E-state index contributed by atoms with van der Waals surface area (Å²) >= 11 is 0. The third-order valence-electron chi connectivity index (χ3n) is 3.72. The van der Waals surface area contributed by atoms with Crippen LogP contribution in [0.1, 0.15) is 27.2 Å². The van der Waals surface area contributed by atoms with Crippen molar-refractivity contribution >= 4 is 6.09 Å². The van der Waals surface area contributed by atoms with Gasteiger partial charge >= 0.3 is 6.09 Å². The zero-order valence-corrected chi connectivity index (χ0v) is 12.8. The molecule has 0 aromatic carbocycles. The maximum Gasteiger partial charge on any atom is 0.410 e. The van der Waals surface area contributed by atoms with E-state index in [0.29, 0.717) is 39.2 Å². The van der Waals surface area contributed by atoms with E-state index in [0.717, 1.165) is 0 Å². The maximum absolute atomic E-state index is 12.6. The molecule has 1 amide bonds. The van der Waals surface area contributed by atoms with Crippen molar-refractivity contribution < 1.29 is 23.0 Å². The molecule has 122 valence electrons. The molecule has 0 N–H and O–H groups in total. The molecular weight excluding hydrogens is 282 g/mol. The Morgan fingerprint density at radius 3 is 2.52 bits per heavy atom. The number of hydrogen-bond acceptors (Lipinski definition) is 4. The number of ether oxygens (including phenoxy) is 2. The quantitative estimate of drug-likeness (QED) is 0.782. The maximum atomic E-state index is 12.6. The van der Waals surface area contributed by atoms with E-state index in [1.165, 1.54) is 0 Å². The molecule has 0 aliphatic carbocycles. The Morgan fingerprint density at radius 1 is 1.29 bits per heavy atom. The third kappa shape index (κ3) is 4.51. The number of rotatable bonds is 2. The third-order valence-corrected chi connectivity index (χ3v) is 3.72. The predicted octanol–water partition coefficient (Wildman–Crippen LogP) is 1.96. The van der Waals surface area contributed by atoms with Crippen molar-refractivity contribution in [3.8, 4) is 0 Å². The summed E-state index contributed by atoms with van der Waals surface area (Å²) in [4.78, 5) is 15.6.